The molecule has 1 amide bonds. The van der Waals surface area contributed by atoms with Crippen molar-refractivity contribution in [1.82, 2.24) is 5.32 Å². The van der Waals surface area contributed by atoms with Crippen LogP contribution in [-0.2, 0) is 10.0 Å². The molecule has 9 heteroatoms. The summed E-state index contributed by atoms with van der Waals surface area (Å²) in [5.41, 5.74) is -0.0565. The van der Waals surface area contributed by atoms with E-state index in [-0.39, 0.29) is 29.4 Å². The summed E-state index contributed by atoms with van der Waals surface area (Å²) in [5.74, 6) is -2.32. The predicted molar refractivity (Wildman–Crippen MR) is 92.3 cm³/mol. The number of hydrogen-bond donors (Lipinski definition) is 1. The summed E-state index contributed by atoms with van der Waals surface area (Å²) < 4.78 is 51.5. The molecule has 0 heterocycles. The van der Waals surface area contributed by atoms with Gasteiger partial charge in [-0.3, -0.25) is 9.10 Å². The van der Waals surface area contributed by atoms with E-state index < -0.39 is 27.6 Å². The normalized spacial score (nSPS) is 11.2. The van der Waals surface area contributed by atoms with Gasteiger partial charge >= 0.3 is 0 Å². The Morgan fingerprint density at radius 1 is 1.20 bits per heavy atom. The standard InChI is InChI=1S/C16H15ClF2N2O3S/c1-25(23,24)21(15-7-6-11(18)10-14(15)19)9-8-20-16(22)12-4-2-3-5-13(12)17/h2-7,10H,8-9H2,1H3,(H,20,22). The van der Waals surface area contributed by atoms with Crippen molar-refractivity contribution in [3.63, 3.8) is 0 Å². The van der Waals surface area contributed by atoms with E-state index in [1.54, 1.807) is 18.2 Å². The van der Waals surface area contributed by atoms with Crippen LogP contribution in [0.25, 0.3) is 0 Å². The molecule has 2 aromatic carbocycles. The zero-order valence-electron chi connectivity index (χ0n) is 13.2. The van der Waals surface area contributed by atoms with Gasteiger partial charge in [-0.25, -0.2) is 17.2 Å². The molecule has 0 bridgehead atoms. The van der Waals surface area contributed by atoms with Gasteiger partial charge in [0.05, 0.1) is 29.1 Å². The number of carbonyl (C=O) groups excluding carboxylic acids is 1. The van der Waals surface area contributed by atoms with Crippen LogP contribution in [-0.4, -0.2) is 33.7 Å². The van der Waals surface area contributed by atoms with Gasteiger partial charge in [-0.15, -0.1) is 0 Å². The van der Waals surface area contributed by atoms with E-state index >= 15 is 0 Å². The Labute approximate surface area is 149 Å². The molecule has 0 aromatic heterocycles. The highest BCUT2D eigenvalue weighted by atomic mass is 35.5. The van der Waals surface area contributed by atoms with Gasteiger partial charge in [0.25, 0.3) is 5.91 Å². The maximum absolute atomic E-state index is 13.9. The number of anilines is 1. The van der Waals surface area contributed by atoms with Crippen LogP contribution in [0.4, 0.5) is 14.5 Å². The van der Waals surface area contributed by atoms with Crippen LogP contribution < -0.4 is 9.62 Å². The van der Waals surface area contributed by atoms with Gasteiger partial charge in [0.1, 0.15) is 11.6 Å². The Bertz CT molecular complexity index is 891. The van der Waals surface area contributed by atoms with Gasteiger partial charge in [0, 0.05) is 12.6 Å². The molecule has 25 heavy (non-hydrogen) atoms. The van der Waals surface area contributed by atoms with Crippen molar-refractivity contribution in [2.45, 2.75) is 0 Å². The van der Waals surface area contributed by atoms with E-state index in [0.29, 0.717) is 6.07 Å². The Kier molecular flexibility index (Phi) is 5.97. The lowest BCUT2D eigenvalue weighted by Crippen LogP contribution is -2.38. The molecule has 0 atom stereocenters. The third-order valence-electron chi connectivity index (χ3n) is 3.30. The molecule has 0 saturated heterocycles. The number of amides is 1. The van der Waals surface area contributed by atoms with Gasteiger partial charge in [0.2, 0.25) is 10.0 Å². The van der Waals surface area contributed by atoms with Crippen molar-refractivity contribution in [3.8, 4) is 0 Å². The molecule has 5 nitrogen and oxygen atoms in total. The number of sulfonamides is 1. The molecule has 0 unspecified atom stereocenters. The molecule has 0 aliphatic carbocycles. The third kappa shape index (κ3) is 4.90. The second-order valence-corrected chi connectivity index (χ2v) is 7.48. The summed E-state index contributed by atoms with van der Waals surface area (Å²) in [6.45, 7) is -0.314. The highest BCUT2D eigenvalue weighted by Crippen LogP contribution is 2.22. The van der Waals surface area contributed by atoms with Crippen molar-refractivity contribution in [2.75, 3.05) is 23.7 Å². The molecule has 1 N–H and O–H groups in total. The fourth-order valence-corrected chi connectivity index (χ4v) is 3.31. The van der Waals surface area contributed by atoms with Crippen molar-refractivity contribution in [2.24, 2.45) is 0 Å². The minimum Gasteiger partial charge on any atom is -0.350 e. The van der Waals surface area contributed by atoms with Crippen LogP contribution in [0.2, 0.25) is 5.02 Å². The Hall–Kier alpha value is -2.19. The molecule has 2 aromatic rings. The third-order valence-corrected chi connectivity index (χ3v) is 4.81. The number of carbonyl (C=O) groups is 1. The lowest BCUT2D eigenvalue weighted by atomic mass is 10.2. The maximum atomic E-state index is 13.9. The topological polar surface area (TPSA) is 66.5 Å². The molecule has 0 saturated carbocycles. The first-order valence-electron chi connectivity index (χ1n) is 7.15. The number of rotatable bonds is 6. The highest BCUT2D eigenvalue weighted by Gasteiger charge is 2.21. The molecule has 0 aliphatic heterocycles. The zero-order valence-corrected chi connectivity index (χ0v) is 14.7. The van der Waals surface area contributed by atoms with Gasteiger partial charge in [-0.2, -0.15) is 0 Å². The van der Waals surface area contributed by atoms with Crippen molar-refractivity contribution < 1.29 is 22.0 Å². The fourth-order valence-electron chi connectivity index (χ4n) is 2.16. The number of benzene rings is 2. The molecule has 0 radical (unpaired) electrons. The number of nitrogens with zero attached hydrogens (tertiary/aromatic N) is 1. The molecule has 2 rings (SSSR count). The van der Waals surface area contributed by atoms with Crippen LogP contribution in [0.15, 0.2) is 42.5 Å². The van der Waals surface area contributed by atoms with E-state index in [2.05, 4.69) is 5.32 Å². The Balaban J connectivity index is 2.12. The van der Waals surface area contributed by atoms with E-state index in [1.165, 1.54) is 6.07 Å². The first-order valence-corrected chi connectivity index (χ1v) is 9.38. The minimum atomic E-state index is -3.83. The smallest absolute Gasteiger partial charge is 0.252 e. The van der Waals surface area contributed by atoms with Crippen LogP contribution in [0.5, 0.6) is 0 Å². The van der Waals surface area contributed by atoms with E-state index in [9.17, 15) is 22.0 Å². The average molecular weight is 389 g/mol. The first-order chi connectivity index (χ1) is 11.7. The van der Waals surface area contributed by atoms with Crippen LogP contribution in [0.1, 0.15) is 10.4 Å². The number of hydrogen-bond acceptors (Lipinski definition) is 3. The number of halogens is 3. The summed E-state index contributed by atoms with van der Waals surface area (Å²) in [6, 6.07) is 8.95. The van der Waals surface area contributed by atoms with Gasteiger partial charge in [-0.1, -0.05) is 23.7 Å². The largest absolute Gasteiger partial charge is 0.350 e. The van der Waals surface area contributed by atoms with Crippen molar-refractivity contribution >= 4 is 33.2 Å². The number of nitrogens with one attached hydrogen (secondary N) is 1. The van der Waals surface area contributed by atoms with E-state index in [0.717, 1.165) is 22.7 Å². The zero-order chi connectivity index (χ0) is 18.6. The monoisotopic (exact) mass is 388 g/mol. The second kappa shape index (κ2) is 7.79. The molecule has 0 aliphatic rings. The molecular formula is C16H15ClF2N2O3S. The Morgan fingerprint density at radius 3 is 2.48 bits per heavy atom. The molecular weight excluding hydrogens is 374 g/mol. The van der Waals surface area contributed by atoms with Gasteiger partial charge in [0.15, 0.2) is 0 Å². The summed E-state index contributed by atoms with van der Waals surface area (Å²) in [5, 5.41) is 2.77. The average Bonchev–Trinajstić information content (AvgIpc) is 2.51. The highest BCUT2D eigenvalue weighted by molar-refractivity contribution is 7.92. The van der Waals surface area contributed by atoms with Crippen LogP contribution >= 0.6 is 11.6 Å². The molecule has 134 valence electrons. The van der Waals surface area contributed by atoms with Crippen LogP contribution in [0, 0.1) is 11.6 Å². The summed E-state index contributed by atoms with van der Waals surface area (Å²) in [4.78, 5) is 12.1. The molecule has 0 fully saturated rings. The van der Waals surface area contributed by atoms with E-state index in [1.807, 2.05) is 0 Å². The van der Waals surface area contributed by atoms with Crippen LogP contribution in [0.3, 0.4) is 0 Å². The SMILES string of the molecule is CS(=O)(=O)N(CCNC(=O)c1ccccc1Cl)c1ccc(F)cc1F. The first kappa shape index (κ1) is 19.1. The minimum absolute atomic E-state index is 0.0893. The quantitative estimate of drug-likeness (QED) is 0.827. The van der Waals surface area contributed by atoms with Gasteiger partial charge in [-0.05, 0) is 24.3 Å². The molecule has 0 spiro atoms. The summed E-state index contributed by atoms with van der Waals surface area (Å²) >= 11 is 5.91. The Morgan fingerprint density at radius 2 is 1.88 bits per heavy atom. The predicted octanol–water partition coefficient (Wildman–Crippen LogP) is 2.81. The second-order valence-electron chi connectivity index (χ2n) is 5.17. The lowest BCUT2D eigenvalue weighted by Gasteiger charge is -2.23. The fraction of sp³-hybridized carbons (Fsp3) is 0.188. The maximum Gasteiger partial charge on any atom is 0.252 e. The summed E-state index contributed by atoms with van der Waals surface area (Å²) in [6.07, 6.45) is 0.895. The van der Waals surface area contributed by atoms with E-state index in [4.69, 9.17) is 11.6 Å². The van der Waals surface area contributed by atoms with Crippen molar-refractivity contribution in [1.29, 1.82) is 0 Å². The van der Waals surface area contributed by atoms with Gasteiger partial charge < -0.3 is 5.32 Å². The van der Waals surface area contributed by atoms with Crippen molar-refractivity contribution in [3.05, 3.63) is 64.7 Å². The summed E-state index contributed by atoms with van der Waals surface area (Å²) in [7, 11) is -3.83. The lowest BCUT2D eigenvalue weighted by molar-refractivity contribution is 0.0955.